The molecule has 0 spiro atoms. The number of Topliss-reactive ketones (excluding diaryl/α,β-unsaturated/α-hetero) is 1. The summed E-state index contributed by atoms with van der Waals surface area (Å²) in [5, 5.41) is 22.9. The smallest absolute Gasteiger partial charge is 0.395 e. The van der Waals surface area contributed by atoms with E-state index in [1.54, 1.807) is 18.2 Å². The van der Waals surface area contributed by atoms with E-state index in [0.717, 1.165) is 22.9 Å². The maximum atomic E-state index is 13.8. The van der Waals surface area contributed by atoms with Gasteiger partial charge in [0.05, 0.1) is 44.9 Å². The van der Waals surface area contributed by atoms with Crippen LogP contribution in [-0.4, -0.2) is 51.9 Å². The van der Waals surface area contributed by atoms with Gasteiger partial charge in [0.15, 0.2) is 0 Å². The summed E-state index contributed by atoms with van der Waals surface area (Å²) in [6.07, 6.45) is -4.41. The zero-order valence-corrected chi connectivity index (χ0v) is 28.7. The molecule has 1 unspecified atom stereocenters. The second-order valence-electron chi connectivity index (χ2n) is 11.7. The molecule has 0 aliphatic carbocycles. The molecular weight excluding hydrogens is 700 g/mol. The molecule has 3 N–H and O–H groups in total. The van der Waals surface area contributed by atoms with Gasteiger partial charge in [0, 0.05) is 49.9 Å². The summed E-state index contributed by atoms with van der Waals surface area (Å²) < 4.78 is 43.1. The number of ketones is 1. The Morgan fingerprint density at radius 3 is 2.18 bits per heavy atom. The molecule has 4 aromatic carbocycles. The van der Waals surface area contributed by atoms with Crippen molar-refractivity contribution in [2.75, 3.05) is 31.2 Å². The minimum absolute atomic E-state index is 0.0160. The molecule has 0 saturated carbocycles. The molecule has 0 radical (unpaired) electrons. The number of fused-ring (bicyclic) bond motifs is 1. The van der Waals surface area contributed by atoms with E-state index in [-0.39, 0.29) is 43.0 Å². The number of aromatic nitrogens is 2. The van der Waals surface area contributed by atoms with E-state index < -0.39 is 11.7 Å². The molecule has 7 nitrogen and oxygen atoms in total. The van der Waals surface area contributed by atoms with Gasteiger partial charge in [-0.25, -0.2) is 4.98 Å². The van der Waals surface area contributed by atoms with Crippen molar-refractivity contribution >= 4 is 57.3 Å². The number of nitrogens with zero attached hydrogens (tertiary/aromatic N) is 3. The number of benzene rings is 4. The van der Waals surface area contributed by atoms with Gasteiger partial charge in [0.2, 0.25) is 0 Å². The molecule has 0 bridgehead atoms. The molecule has 0 aliphatic heterocycles. The van der Waals surface area contributed by atoms with Gasteiger partial charge in [-0.1, -0.05) is 53.0 Å². The van der Waals surface area contributed by atoms with Crippen LogP contribution in [0.5, 0.6) is 0 Å². The highest BCUT2D eigenvalue weighted by Gasteiger charge is 2.33. The minimum Gasteiger partial charge on any atom is -0.395 e. The summed E-state index contributed by atoms with van der Waals surface area (Å²) in [5.41, 5.74) is 3.92. The van der Waals surface area contributed by atoms with Crippen LogP contribution in [0.25, 0.3) is 22.4 Å². The number of rotatable bonds is 14. The molecule has 0 fully saturated rings. The first kappa shape index (κ1) is 36.6. The van der Waals surface area contributed by atoms with E-state index in [9.17, 15) is 28.2 Å². The predicted molar refractivity (Wildman–Crippen MR) is 188 cm³/mol. The molecule has 1 heterocycles. The summed E-state index contributed by atoms with van der Waals surface area (Å²) in [6, 6.07) is 21.8. The van der Waals surface area contributed by atoms with Crippen LogP contribution in [0.3, 0.4) is 0 Å². The van der Waals surface area contributed by atoms with E-state index >= 15 is 0 Å². The van der Waals surface area contributed by atoms with Crippen molar-refractivity contribution in [1.82, 2.24) is 14.9 Å². The third-order valence-electron chi connectivity index (χ3n) is 8.11. The van der Waals surface area contributed by atoms with E-state index in [1.165, 1.54) is 13.0 Å². The lowest BCUT2D eigenvalue weighted by Crippen LogP contribution is -2.29. The average Bonchev–Trinajstić information content (AvgIpc) is 3.42. The van der Waals surface area contributed by atoms with Gasteiger partial charge >= 0.3 is 6.18 Å². The summed E-state index contributed by atoms with van der Waals surface area (Å²) in [4.78, 5) is 19.1. The fraction of sp³-hybridized carbons (Fsp3) is 0.278. The number of carbonyl (C=O) groups excluding carboxylic acids is 1. The van der Waals surface area contributed by atoms with E-state index in [0.29, 0.717) is 57.7 Å². The van der Waals surface area contributed by atoms with Crippen molar-refractivity contribution in [2.45, 2.75) is 38.7 Å². The Balaban J connectivity index is 1.56. The first-order valence-electron chi connectivity index (χ1n) is 15.5. The number of imidazole rings is 1. The third-order valence-corrected chi connectivity index (χ3v) is 9.18. The quantitative estimate of drug-likeness (QED) is 0.106. The molecule has 0 amide bonds. The number of halogens is 6. The first-order valence-corrected chi connectivity index (χ1v) is 16.6. The Hall–Kier alpha value is -3.64. The highest BCUT2D eigenvalue weighted by atomic mass is 35.5. The topological polar surface area (TPSA) is 90.6 Å². The van der Waals surface area contributed by atoms with Gasteiger partial charge in [-0.05, 0) is 84.3 Å². The van der Waals surface area contributed by atoms with Crippen molar-refractivity contribution in [2.24, 2.45) is 0 Å². The average molecular weight is 734 g/mol. The van der Waals surface area contributed by atoms with E-state index in [2.05, 4.69) is 5.32 Å². The van der Waals surface area contributed by atoms with Crippen molar-refractivity contribution < 1.29 is 28.2 Å². The van der Waals surface area contributed by atoms with Crippen molar-refractivity contribution in [3.8, 4) is 11.4 Å². The van der Waals surface area contributed by atoms with Gasteiger partial charge < -0.3 is 25.0 Å². The highest BCUT2D eigenvalue weighted by Crippen LogP contribution is 2.36. The number of alkyl halides is 3. The first-order chi connectivity index (χ1) is 23.4. The summed E-state index contributed by atoms with van der Waals surface area (Å²) in [6.45, 7) is 2.50. The molecular formula is C36H34Cl3F3N4O3. The predicted octanol–water partition coefficient (Wildman–Crippen LogP) is 8.33. The largest absolute Gasteiger partial charge is 0.417 e. The second-order valence-corrected chi connectivity index (χ2v) is 12.9. The molecule has 0 aliphatic rings. The van der Waals surface area contributed by atoms with Crippen LogP contribution in [0.15, 0.2) is 78.9 Å². The van der Waals surface area contributed by atoms with Crippen LogP contribution in [0, 0.1) is 0 Å². The van der Waals surface area contributed by atoms with Crippen LogP contribution in [0.2, 0.25) is 15.1 Å². The molecule has 49 heavy (non-hydrogen) atoms. The molecule has 5 rings (SSSR count). The molecule has 13 heteroatoms. The lowest BCUT2D eigenvalue weighted by molar-refractivity contribution is -0.137. The Labute approximate surface area is 296 Å². The van der Waals surface area contributed by atoms with E-state index in [1.807, 2.05) is 58.0 Å². The number of aliphatic hydroxyl groups is 2. The lowest BCUT2D eigenvalue weighted by atomic mass is 10.0. The standard InChI is InChI=1S/C36H34Cl3F3N4O3/c1-22(49)16-32(43-20-23-2-10-30(38)31(39)18-23)26-6-11-34-33(19-26)44-35(25-4-7-27(8-5-25)45(12-14-47)13-15-48)46(34)21-24-3-9-29(37)28(17-24)36(40,41)42/h2-11,17-19,32,43,47-48H,12-16,20-21H2,1H3. The van der Waals surface area contributed by atoms with Crippen LogP contribution in [-0.2, 0) is 24.1 Å². The normalized spacial score (nSPS) is 12.4. The highest BCUT2D eigenvalue weighted by molar-refractivity contribution is 6.42. The lowest BCUT2D eigenvalue weighted by Gasteiger charge is -2.23. The van der Waals surface area contributed by atoms with Crippen LogP contribution >= 0.6 is 34.8 Å². The molecule has 1 aromatic heterocycles. The molecule has 0 saturated heterocycles. The van der Waals surface area contributed by atoms with Crippen LogP contribution < -0.4 is 10.2 Å². The van der Waals surface area contributed by atoms with Gasteiger partial charge in [-0.3, -0.25) is 4.79 Å². The Bertz CT molecular complexity index is 1930. The Kier molecular flexibility index (Phi) is 11.9. The van der Waals surface area contributed by atoms with Gasteiger partial charge in [-0.2, -0.15) is 13.2 Å². The van der Waals surface area contributed by atoms with Crippen molar-refractivity contribution in [1.29, 1.82) is 0 Å². The maximum Gasteiger partial charge on any atom is 0.417 e. The van der Waals surface area contributed by atoms with Crippen molar-refractivity contribution in [3.63, 3.8) is 0 Å². The Morgan fingerprint density at radius 2 is 1.55 bits per heavy atom. The van der Waals surface area contributed by atoms with E-state index in [4.69, 9.17) is 39.8 Å². The fourth-order valence-corrected chi connectivity index (χ4v) is 6.28. The second kappa shape index (κ2) is 15.9. The third kappa shape index (κ3) is 8.94. The SMILES string of the molecule is CC(=O)CC(NCc1ccc(Cl)c(Cl)c1)c1ccc2c(c1)nc(-c1ccc(N(CCO)CCO)cc1)n2Cc1ccc(Cl)c(C(F)(F)F)c1. The number of nitrogens with one attached hydrogen (secondary N) is 1. The summed E-state index contributed by atoms with van der Waals surface area (Å²) in [7, 11) is 0. The zero-order chi connectivity index (χ0) is 35.3. The molecule has 1 atom stereocenters. The number of hydrogen-bond acceptors (Lipinski definition) is 6. The molecule has 5 aromatic rings. The van der Waals surface area contributed by atoms with Crippen molar-refractivity contribution in [3.05, 3.63) is 116 Å². The van der Waals surface area contributed by atoms with Crippen LogP contribution in [0.1, 0.15) is 41.6 Å². The number of aliphatic hydroxyl groups excluding tert-OH is 2. The van der Waals surface area contributed by atoms with Gasteiger partial charge in [-0.15, -0.1) is 0 Å². The van der Waals surface area contributed by atoms with Gasteiger partial charge in [0.1, 0.15) is 11.6 Å². The number of anilines is 1. The maximum absolute atomic E-state index is 13.8. The fourth-order valence-electron chi connectivity index (χ4n) is 5.73. The minimum atomic E-state index is -4.62. The number of carbonyl (C=O) groups is 1. The van der Waals surface area contributed by atoms with Gasteiger partial charge in [0.25, 0.3) is 0 Å². The monoisotopic (exact) mass is 732 g/mol. The molecule has 258 valence electrons. The number of hydrogen-bond donors (Lipinski definition) is 3. The van der Waals surface area contributed by atoms with Crippen LogP contribution in [0.4, 0.5) is 18.9 Å². The Morgan fingerprint density at radius 1 is 0.878 bits per heavy atom. The summed E-state index contributed by atoms with van der Waals surface area (Å²) >= 11 is 18.2. The zero-order valence-electron chi connectivity index (χ0n) is 26.4. The summed E-state index contributed by atoms with van der Waals surface area (Å²) in [5.74, 6) is 0.502.